The van der Waals surface area contributed by atoms with Crippen molar-refractivity contribution in [3.63, 3.8) is 0 Å². The molecule has 3 aliphatic heterocycles. The lowest BCUT2D eigenvalue weighted by Crippen LogP contribution is -2.52. The van der Waals surface area contributed by atoms with Crippen molar-refractivity contribution in [3.05, 3.63) is 47.2 Å². The highest BCUT2D eigenvalue weighted by Crippen LogP contribution is 2.44. The van der Waals surface area contributed by atoms with E-state index in [0.29, 0.717) is 19.1 Å². The third-order valence-corrected chi connectivity index (χ3v) is 6.82. The second-order valence-electron chi connectivity index (χ2n) is 8.84. The molecule has 0 spiro atoms. The van der Waals surface area contributed by atoms with E-state index in [-0.39, 0.29) is 23.7 Å². The molecule has 1 aromatic carbocycles. The average Bonchev–Trinajstić information content (AvgIpc) is 3.38. The van der Waals surface area contributed by atoms with Crippen molar-refractivity contribution in [2.75, 3.05) is 31.5 Å². The standard InChI is InChI=1S/C22H26F3N5O/c1-14-4-6-15(7-5-14)18-11-19(22(23,24)25)30-20(27-18)17(12-26-30)21(31)29-10-9-28-8-2-3-16(28)13-29/h4-7,12,16,18-19,27H,2-3,8-11,13H2,1H3/t16-,18+,19-/m1/s1. The Morgan fingerprint density at radius 2 is 1.94 bits per heavy atom. The van der Waals surface area contributed by atoms with Crippen molar-refractivity contribution in [2.45, 2.75) is 50.5 Å². The van der Waals surface area contributed by atoms with Gasteiger partial charge in [-0.25, -0.2) is 4.68 Å². The van der Waals surface area contributed by atoms with Crippen LogP contribution in [0, 0.1) is 6.92 Å². The van der Waals surface area contributed by atoms with Gasteiger partial charge in [-0.1, -0.05) is 29.8 Å². The first-order chi connectivity index (χ1) is 14.8. The van der Waals surface area contributed by atoms with Gasteiger partial charge in [0.05, 0.1) is 12.2 Å². The first kappa shape index (κ1) is 20.4. The highest BCUT2D eigenvalue weighted by molar-refractivity contribution is 5.99. The maximum absolute atomic E-state index is 13.9. The molecule has 1 N–H and O–H groups in total. The van der Waals surface area contributed by atoms with Crippen LogP contribution in [-0.2, 0) is 0 Å². The van der Waals surface area contributed by atoms with Gasteiger partial charge in [0.25, 0.3) is 5.91 Å². The van der Waals surface area contributed by atoms with Crippen LogP contribution in [0.3, 0.4) is 0 Å². The number of aryl methyl sites for hydroxylation is 1. The lowest BCUT2D eigenvalue weighted by molar-refractivity contribution is -0.173. The van der Waals surface area contributed by atoms with Crippen LogP contribution >= 0.6 is 0 Å². The molecule has 2 aromatic rings. The number of halogens is 3. The quantitative estimate of drug-likeness (QED) is 0.784. The summed E-state index contributed by atoms with van der Waals surface area (Å²) in [5.41, 5.74) is 2.03. The summed E-state index contributed by atoms with van der Waals surface area (Å²) in [6.07, 6.45) is -1.15. The van der Waals surface area contributed by atoms with Gasteiger partial charge in [0.2, 0.25) is 0 Å². The van der Waals surface area contributed by atoms with Crippen LogP contribution in [0.4, 0.5) is 19.0 Å². The minimum Gasteiger partial charge on any atom is -0.363 e. The number of hydrogen-bond donors (Lipinski definition) is 1. The molecule has 9 heteroatoms. The Bertz CT molecular complexity index is 971. The van der Waals surface area contributed by atoms with Gasteiger partial charge in [0.1, 0.15) is 11.4 Å². The van der Waals surface area contributed by atoms with E-state index < -0.39 is 18.3 Å². The van der Waals surface area contributed by atoms with E-state index in [2.05, 4.69) is 15.3 Å². The number of carbonyl (C=O) groups is 1. The molecule has 166 valence electrons. The number of anilines is 1. The number of nitrogens with one attached hydrogen (secondary N) is 1. The monoisotopic (exact) mass is 433 g/mol. The van der Waals surface area contributed by atoms with E-state index in [1.165, 1.54) is 6.20 Å². The molecule has 2 fully saturated rings. The van der Waals surface area contributed by atoms with Gasteiger partial charge in [-0.3, -0.25) is 9.69 Å². The van der Waals surface area contributed by atoms with E-state index in [0.717, 1.165) is 41.7 Å². The third kappa shape index (κ3) is 3.69. The fourth-order valence-corrected chi connectivity index (χ4v) is 5.08. The van der Waals surface area contributed by atoms with Gasteiger partial charge in [-0.15, -0.1) is 0 Å². The molecule has 1 amide bonds. The first-order valence-electron chi connectivity index (χ1n) is 10.8. The Labute approximate surface area is 179 Å². The van der Waals surface area contributed by atoms with Crippen LogP contribution in [0.15, 0.2) is 30.5 Å². The molecule has 4 heterocycles. The fourth-order valence-electron chi connectivity index (χ4n) is 5.08. The zero-order valence-corrected chi connectivity index (χ0v) is 17.4. The van der Waals surface area contributed by atoms with E-state index in [9.17, 15) is 18.0 Å². The van der Waals surface area contributed by atoms with Crippen LogP contribution in [-0.4, -0.2) is 63.9 Å². The van der Waals surface area contributed by atoms with Gasteiger partial charge in [0, 0.05) is 32.1 Å². The molecule has 0 aliphatic carbocycles. The number of alkyl halides is 3. The van der Waals surface area contributed by atoms with E-state index in [4.69, 9.17) is 0 Å². The Kier molecular flexibility index (Phi) is 4.96. The number of rotatable bonds is 2. The second-order valence-corrected chi connectivity index (χ2v) is 8.84. The third-order valence-electron chi connectivity index (χ3n) is 6.82. The van der Waals surface area contributed by atoms with E-state index >= 15 is 0 Å². The highest BCUT2D eigenvalue weighted by atomic mass is 19.4. The van der Waals surface area contributed by atoms with Crippen LogP contribution < -0.4 is 5.32 Å². The Hall–Kier alpha value is -2.55. The minimum atomic E-state index is -4.46. The number of nitrogens with zero attached hydrogens (tertiary/aromatic N) is 4. The zero-order valence-electron chi connectivity index (χ0n) is 17.4. The summed E-state index contributed by atoms with van der Waals surface area (Å²) in [7, 11) is 0. The van der Waals surface area contributed by atoms with Crippen molar-refractivity contribution in [1.82, 2.24) is 19.6 Å². The number of benzene rings is 1. The minimum absolute atomic E-state index is 0.165. The van der Waals surface area contributed by atoms with Gasteiger partial charge >= 0.3 is 6.18 Å². The molecule has 31 heavy (non-hydrogen) atoms. The van der Waals surface area contributed by atoms with Gasteiger partial charge in [-0.2, -0.15) is 18.3 Å². The summed E-state index contributed by atoms with van der Waals surface area (Å²) in [5, 5.41) is 7.20. The van der Waals surface area contributed by atoms with Gasteiger partial charge in [0.15, 0.2) is 6.04 Å². The molecule has 0 unspecified atom stereocenters. The lowest BCUT2D eigenvalue weighted by atomic mass is 9.96. The molecular weight excluding hydrogens is 407 g/mol. The number of amides is 1. The van der Waals surface area contributed by atoms with Crippen molar-refractivity contribution in [2.24, 2.45) is 0 Å². The summed E-state index contributed by atoms with van der Waals surface area (Å²) in [6.45, 7) is 5.01. The van der Waals surface area contributed by atoms with Crippen LogP contribution in [0.5, 0.6) is 0 Å². The molecule has 3 aliphatic rings. The normalized spacial score (nSPS) is 26.3. The zero-order chi connectivity index (χ0) is 21.8. The summed E-state index contributed by atoms with van der Waals surface area (Å²) in [6, 6.07) is 5.48. The summed E-state index contributed by atoms with van der Waals surface area (Å²) in [5.74, 6) is -0.0798. The first-order valence-corrected chi connectivity index (χ1v) is 10.8. The van der Waals surface area contributed by atoms with Crippen molar-refractivity contribution in [3.8, 4) is 0 Å². The van der Waals surface area contributed by atoms with Gasteiger partial charge in [-0.05, 0) is 31.9 Å². The van der Waals surface area contributed by atoms with E-state index in [1.807, 2.05) is 31.2 Å². The maximum Gasteiger partial charge on any atom is 0.410 e. The Morgan fingerprint density at radius 1 is 1.16 bits per heavy atom. The summed E-state index contributed by atoms with van der Waals surface area (Å²) in [4.78, 5) is 17.5. The number of aromatic nitrogens is 2. The smallest absolute Gasteiger partial charge is 0.363 e. The number of piperazine rings is 1. The summed E-state index contributed by atoms with van der Waals surface area (Å²) >= 11 is 0. The molecule has 6 nitrogen and oxygen atoms in total. The molecule has 0 bridgehead atoms. The number of fused-ring (bicyclic) bond motifs is 2. The Morgan fingerprint density at radius 3 is 2.68 bits per heavy atom. The highest BCUT2D eigenvalue weighted by Gasteiger charge is 2.47. The van der Waals surface area contributed by atoms with Crippen molar-refractivity contribution < 1.29 is 18.0 Å². The molecule has 0 radical (unpaired) electrons. The maximum atomic E-state index is 13.9. The lowest BCUT2D eigenvalue weighted by Gasteiger charge is -2.38. The molecule has 0 saturated carbocycles. The van der Waals surface area contributed by atoms with Crippen LogP contribution in [0.2, 0.25) is 0 Å². The SMILES string of the molecule is Cc1ccc([C@@H]2C[C@H](C(F)(F)F)n3ncc(C(=O)N4CCN5CCC[C@@H]5C4)c3N2)cc1. The molecule has 5 rings (SSSR count). The molecular formula is C22H26F3N5O. The number of carbonyl (C=O) groups excluding carboxylic acids is 1. The van der Waals surface area contributed by atoms with Crippen molar-refractivity contribution >= 4 is 11.7 Å². The van der Waals surface area contributed by atoms with E-state index in [1.54, 1.807) is 4.90 Å². The second kappa shape index (κ2) is 7.55. The van der Waals surface area contributed by atoms with Crippen molar-refractivity contribution in [1.29, 1.82) is 0 Å². The predicted octanol–water partition coefficient (Wildman–Crippen LogP) is 3.77. The predicted molar refractivity (Wildman–Crippen MR) is 110 cm³/mol. The largest absolute Gasteiger partial charge is 0.410 e. The Balaban J connectivity index is 1.46. The molecule has 1 aromatic heterocycles. The fraction of sp³-hybridized carbons (Fsp3) is 0.545. The summed E-state index contributed by atoms with van der Waals surface area (Å²) < 4.78 is 42.6. The van der Waals surface area contributed by atoms with Gasteiger partial charge < -0.3 is 10.2 Å². The molecule has 3 atom stereocenters. The van der Waals surface area contributed by atoms with Crippen LogP contribution in [0.1, 0.15) is 52.8 Å². The average molecular weight is 433 g/mol. The van der Waals surface area contributed by atoms with Crippen LogP contribution in [0.25, 0.3) is 0 Å². The topological polar surface area (TPSA) is 53.4 Å². The number of hydrogen-bond acceptors (Lipinski definition) is 4. The molecule has 2 saturated heterocycles.